The van der Waals surface area contributed by atoms with Gasteiger partial charge in [0, 0.05) is 29.9 Å². The molecule has 0 unspecified atom stereocenters. The van der Waals surface area contributed by atoms with Crippen molar-refractivity contribution in [1.29, 1.82) is 0 Å². The van der Waals surface area contributed by atoms with Crippen molar-refractivity contribution in [1.82, 2.24) is 20.9 Å². The zero-order chi connectivity index (χ0) is 32.4. The summed E-state index contributed by atoms with van der Waals surface area (Å²) in [5.74, 6) is -1.89. The van der Waals surface area contributed by atoms with E-state index in [1.165, 1.54) is 0 Å². The fraction of sp³-hybridized carbons (Fsp3) is 0.294. The van der Waals surface area contributed by atoms with Crippen LogP contribution in [0, 0.1) is 0 Å². The molecule has 0 bridgehead atoms. The van der Waals surface area contributed by atoms with Gasteiger partial charge in [-0.3, -0.25) is 9.59 Å². The Labute approximate surface area is 261 Å². The van der Waals surface area contributed by atoms with E-state index in [0.717, 1.165) is 27.6 Å². The van der Waals surface area contributed by atoms with Crippen LogP contribution in [0.25, 0.3) is 10.9 Å². The maximum Gasteiger partial charge on any atom is 0.408 e. The smallest absolute Gasteiger partial charge is 0.408 e. The van der Waals surface area contributed by atoms with Crippen molar-refractivity contribution >= 4 is 34.8 Å². The molecule has 4 aromatic rings. The second kappa shape index (κ2) is 14.9. The molecule has 0 fully saturated rings. The Balaban J connectivity index is 1.36. The van der Waals surface area contributed by atoms with Crippen LogP contribution >= 0.6 is 0 Å². The second-order valence-electron chi connectivity index (χ2n) is 11.6. The minimum absolute atomic E-state index is 0.0485. The summed E-state index contributed by atoms with van der Waals surface area (Å²) in [6, 6.07) is 22.0. The highest BCUT2D eigenvalue weighted by molar-refractivity contribution is 5.91. The van der Waals surface area contributed by atoms with Gasteiger partial charge in [-0.2, -0.15) is 0 Å². The Kier molecular flexibility index (Phi) is 10.8. The number of benzene rings is 3. The summed E-state index contributed by atoms with van der Waals surface area (Å²) in [6.45, 7) is 5.02. The first-order valence-electron chi connectivity index (χ1n) is 14.6. The van der Waals surface area contributed by atoms with Gasteiger partial charge in [0.15, 0.2) is 0 Å². The number of alkyl carbamates (subject to hydrolysis) is 1. The first kappa shape index (κ1) is 32.6. The minimum Gasteiger partial charge on any atom is -0.489 e. The molecule has 0 radical (unpaired) electrons. The summed E-state index contributed by atoms with van der Waals surface area (Å²) >= 11 is 0. The lowest BCUT2D eigenvalue weighted by molar-refractivity contribution is -0.141. The first-order chi connectivity index (χ1) is 21.5. The predicted molar refractivity (Wildman–Crippen MR) is 169 cm³/mol. The molecule has 2 atom stereocenters. The van der Waals surface area contributed by atoms with Gasteiger partial charge in [0.05, 0.1) is 6.54 Å². The zero-order valence-electron chi connectivity index (χ0n) is 25.5. The van der Waals surface area contributed by atoms with Crippen molar-refractivity contribution in [2.24, 2.45) is 0 Å². The molecular formula is C34H38N4O7. The van der Waals surface area contributed by atoms with Gasteiger partial charge in [-0.25, -0.2) is 9.59 Å². The lowest BCUT2D eigenvalue weighted by Crippen LogP contribution is -2.52. The molecule has 45 heavy (non-hydrogen) atoms. The van der Waals surface area contributed by atoms with Gasteiger partial charge in [-0.05, 0) is 55.7 Å². The van der Waals surface area contributed by atoms with Crippen LogP contribution in [0.15, 0.2) is 85.1 Å². The number of para-hydroxylation sites is 1. The molecular weight excluding hydrogens is 576 g/mol. The molecule has 5 N–H and O–H groups in total. The van der Waals surface area contributed by atoms with Gasteiger partial charge in [0.25, 0.3) is 0 Å². The molecule has 11 heteroatoms. The van der Waals surface area contributed by atoms with Gasteiger partial charge in [0.2, 0.25) is 11.8 Å². The van der Waals surface area contributed by atoms with Crippen molar-refractivity contribution in [3.05, 3.63) is 102 Å². The Morgan fingerprint density at radius 3 is 2.20 bits per heavy atom. The number of carbonyl (C=O) groups excluding carboxylic acids is 3. The van der Waals surface area contributed by atoms with Crippen LogP contribution in [-0.4, -0.2) is 58.2 Å². The molecule has 0 aliphatic carbocycles. The molecule has 4 rings (SSSR count). The van der Waals surface area contributed by atoms with E-state index >= 15 is 0 Å². The summed E-state index contributed by atoms with van der Waals surface area (Å²) in [5.41, 5.74) is 2.55. The third kappa shape index (κ3) is 10.1. The van der Waals surface area contributed by atoms with E-state index in [2.05, 4.69) is 20.9 Å². The highest BCUT2D eigenvalue weighted by Crippen LogP contribution is 2.19. The van der Waals surface area contributed by atoms with Crippen LogP contribution in [0.4, 0.5) is 4.79 Å². The average molecular weight is 615 g/mol. The summed E-state index contributed by atoms with van der Waals surface area (Å²) in [5, 5.41) is 18.2. The van der Waals surface area contributed by atoms with Gasteiger partial charge in [0.1, 0.15) is 30.0 Å². The number of hydrogen-bond acceptors (Lipinski definition) is 6. The fourth-order valence-electron chi connectivity index (χ4n) is 4.61. The quantitative estimate of drug-likeness (QED) is 0.152. The van der Waals surface area contributed by atoms with Crippen LogP contribution in [0.3, 0.4) is 0 Å². The molecule has 1 heterocycles. The molecule has 0 saturated carbocycles. The van der Waals surface area contributed by atoms with Gasteiger partial charge < -0.3 is 35.5 Å². The summed E-state index contributed by atoms with van der Waals surface area (Å²) < 4.78 is 11.2. The lowest BCUT2D eigenvalue weighted by atomic mass is 10.0. The van der Waals surface area contributed by atoms with Gasteiger partial charge in [-0.1, -0.05) is 60.7 Å². The number of aromatic nitrogens is 1. The number of rotatable bonds is 13. The van der Waals surface area contributed by atoms with E-state index in [-0.39, 0.29) is 12.8 Å². The zero-order valence-corrected chi connectivity index (χ0v) is 25.5. The Morgan fingerprint density at radius 1 is 0.822 bits per heavy atom. The SMILES string of the molecule is CC(C)(C)OC(=O)N[C@H](Cc1ccc(OCc2ccccc2)cc1)C(=O)NCC(=O)N[C@H](Cc1c[nH]c2ccccc12)C(=O)O. The number of carboxylic acids is 1. The van der Waals surface area contributed by atoms with E-state index in [1.54, 1.807) is 51.2 Å². The van der Waals surface area contributed by atoms with Crippen molar-refractivity contribution in [2.75, 3.05) is 6.54 Å². The molecule has 0 aliphatic heterocycles. The number of carbonyl (C=O) groups is 4. The molecule has 11 nitrogen and oxygen atoms in total. The summed E-state index contributed by atoms with van der Waals surface area (Å²) in [7, 11) is 0. The van der Waals surface area contributed by atoms with Gasteiger partial charge >= 0.3 is 12.1 Å². The molecule has 0 aliphatic rings. The summed E-state index contributed by atoms with van der Waals surface area (Å²) in [4.78, 5) is 53.5. The van der Waals surface area contributed by atoms with Crippen LogP contribution in [-0.2, 0) is 38.6 Å². The topological polar surface area (TPSA) is 159 Å². The monoisotopic (exact) mass is 614 g/mol. The maximum absolute atomic E-state index is 13.2. The van der Waals surface area contributed by atoms with Crippen LogP contribution < -0.4 is 20.7 Å². The van der Waals surface area contributed by atoms with Crippen LogP contribution in [0.2, 0.25) is 0 Å². The first-order valence-corrected chi connectivity index (χ1v) is 14.6. The predicted octanol–water partition coefficient (Wildman–Crippen LogP) is 4.11. The van der Waals surface area contributed by atoms with E-state index < -0.39 is 48.1 Å². The molecule has 3 amide bonds. The van der Waals surface area contributed by atoms with E-state index in [4.69, 9.17) is 9.47 Å². The van der Waals surface area contributed by atoms with Crippen molar-refractivity contribution < 1.29 is 33.8 Å². The molecule has 0 spiro atoms. The van der Waals surface area contributed by atoms with Crippen LogP contribution in [0.5, 0.6) is 5.75 Å². The van der Waals surface area contributed by atoms with Crippen molar-refractivity contribution in [2.45, 2.75) is 57.9 Å². The number of fused-ring (bicyclic) bond motifs is 1. The molecule has 1 aromatic heterocycles. The fourth-order valence-corrected chi connectivity index (χ4v) is 4.61. The average Bonchev–Trinajstić information content (AvgIpc) is 3.41. The van der Waals surface area contributed by atoms with E-state index in [1.807, 2.05) is 54.6 Å². The molecule has 236 valence electrons. The highest BCUT2D eigenvalue weighted by Gasteiger charge is 2.26. The Morgan fingerprint density at radius 2 is 1.51 bits per heavy atom. The van der Waals surface area contributed by atoms with E-state index in [9.17, 15) is 24.3 Å². The third-order valence-corrected chi connectivity index (χ3v) is 6.77. The molecule has 0 saturated heterocycles. The molecule has 3 aromatic carbocycles. The Bertz CT molecular complexity index is 1610. The summed E-state index contributed by atoms with van der Waals surface area (Å²) in [6.07, 6.45) is 1.07. The van der Waals surface area contributed by atoms with Crippen molar-refractivity contribution in [3.8, 4) is 5.75 Å². The minimum atomic E-state index is -1.22. The highest BCUT2D eigenvalue weighted by atomic mass is 16.6. The Hall–Kier alpha value is -5.32. The number of aliphatic carboxylic acids is 1. The largest absolute Gasteiger partial charge is 0.489 e. The number of amides is 3. The van der Waals surface area contributed by atoms with Gasteiger partial charge in [-0.15, -0.1) is 0 Å². The number of carboxylic acid groups (broad SMARTS) is 1. The lowest BCUT2D eigenvalue weighted by Gasteiger charge is -2.23. The number of ether oxygens (including phenoxy) is 2. The standard InChI is InChI=1S/C34H38N4O7/c1-34(2,3)45-33(43)38-28(17-22-13-15-25(16-14-22)44-21-23-9-5-4-6-10-23)31(40)36-20-30(39)37-29(32(41)42)18-24-19-35-27-12-8-7-11-26(24)27/h4-16,19,28-29,35H,17-18,20-21H2,1-3H3,(H,36,40)(H,37,39)(H,38,43)(H,41,42)/t28-,29-/m1/s1. The van der Waals surface area contributed by atoms with Crippen molar-refractivity contribution in [3.63, 3.8) is 0 Å². The van der Waals surface area contributed by atoms with E-state index in [0.29, 0.717) is 12.4 Å². The third-order valence-electron chi connectivity index (χ3n) is 6.77. The second-order valence-corrected chi connectivity index (χ2v) is 11.6. The number of H-pyrrole nitrogens is 1. The number of hydrogen-bond donors (Lipinski definition) is 5. The number of nitrogens with one attached hydrogen (secondary N) is 4. The normalized spacial score (nSPS) is 12.5. The number of aromatic amines is 1. The van der Waals surface area contributed by atoms with Crippen LogP contribution in [0.1, 0.15) is 37.5 Å². The maximum atomic E-state index is 13.2.